The van der Waals surface area contributed by atoms with Gasteiger partial charge in [0.15, 0.2) is 18.1 Å². The number of hydrogen-bond donors (Lipinski definition) is 1. The molecule has 180 valence electrons. The van der Waals surface area contributed by atoms with Crippen LogP contribution in [0.4, 0.5) is 10.5 Å². The van der Waals surface area contributed by atoms with Gasteiger partial charge in [-0.2, -0.15) is 0 Å². The number of halogens is 1. The number of carbonyl (C=O) groups excluding carboxylic acids is 3. The van der Waals surface area contributed by atoms with E-state index in [0.29, 0.717) is 43.2 Å². The van der Waals surface area contributed by atoms with Crippen molar-refractivity contribution >= 4 is 52.2 Å². The zero-order chi connectivity index (χ0) is 24.5. The second-order valence-corrected chi connectivity index (χ2v) is 8.55. The highest BCUT2D eigenvalue weighted by molar-refractivity contribution is 8.18. The number of amides is 3. The Morgan fingerprint density at radius 3 is 2.65 bits per heavy atom. The van der Waals surface area contributed by atoms with Crippen molar-refractivity contribution in [2.45, 2.75) is 13.3 Å². The van der Waals surface area contributed by atoms with Gasteiger partial charge in [-0.1, -0.05) is 29.8 Å². The Kier molecular flexibility index (Phi) is 9.38. The molecule has 2 aromatic rings. The molecule has 0 spiro atoms. The van der Waals surface area contributed by atoms with Gasteiger partial charge in [0.2, 0.25) is 0 Å². The Morgan fingerprint density at radius 1 is 1.18 bits per heavy atom. The molecule has 1 aliphatic rings. The summed E-state index contributed by atoms with van der Waals surface area (Å²) in [6.45, 7) is 2.62. The van der Waals surface area contributed by atoms with Gasteiger partial charge in [-0.3, -0.25) is 19.3 Å². The van der Waals surface area contributed by atoms with Gasteiger partial charge >= 0.3 is 0 Å². The van der Waals surface area contributed by atoms with Gasteiger partial charge in [-0.05, 0) is 61.0 Å². The second kappa shape index (κ2) is 12.5. The van der Waals surface area contributed by atoms with Gasteiger partial charge in [0.1, 0.15) is 0 Å². The maximum atomic E-state index is 12.6. The number of para-hydroxylation sites is 1. The Hall–Kier alpha value is -3.01. The third-order valence-electron chi connectivity index (χ3n) is 4.64. The van der Waals surface area contributed by atoms with E-state index in [1.54, 1.807) is 44.4 Å². The van der Waals surface area contributed by atoms with Crippen LogP contribution in [0.25, 0.3) is 6.08 Å². The molecule has 1 saturated heterocycles. The highest BCUT2D eigenvalue weighted by Gasteiger charge is 2.34. The Labute approximate surface area is 207 Å². The van der Waals surface area contributed by atoms with Crippen LogP contribution in [-0.2, 0) is 14.3 Å². The van der Waals surface area contributed by atoms with Crippen LogP contribution in [-0.4, -0.2) is 55.4 Å². The molecule has 0 aromatic heterocycles. The number of nitrogens with zero attached hydrogens (tertiary/aromatic N) is 1. The smallest absolute Gasteiger partial charge is 0.293 e. The summed E-state index contributed by atoms with van der Waals surface area (Å²) < 4.78 is 16.3. The molecule has 1 heterocycles. The number of thioether (sulfide) groups is 1. The van der Waals surface area contributed by atoms with E-state index in [9.17, 15) is 14.4 Å². The standard InChI is InChI=1S/C24H25ClN2O6S/c1-3-32-19-13-16(14-20-23(29)27(24(30)34-20)10-7-11-31-2)12-18(25)22(19)33-15-21(28)26-17-8-5-4-6-9-17/h4-6,8-9,12-14H,3,7,10-11,15H2,1-2H3,(H,26,28)/b20-14+. The van der Waals surface area contributed by atoms with Crippen molar-refractivity contribution in [3.63, 3.8) is 0 Å². The fourth-order valence-corrected chi connectivity index (χ4v) is 4.28. The third-order valence-corrected chi connectivity index (χ3v) is 5.83. The monoisotopic (exact) mass is 504 g/mol. The Balaban J connectivity index is 1.73. The number of carbonyl (C=O) groups is 3. The average Bonchev–Trinajstić information content (AvgIpc) is 3.07. The minimum Gasteiger partial charge on any atom is -0.490 e. The summed E-state index contributed by atoms with van der Waals surface area (Å²) in [4.78, 5) is 38.6. The van der Waals surface area contributed by atoms with Crippen molar-refractivity contribution in [1.82, 2.24) is 4.90 Å². The number of benzene rings is 2. The molecule has 1 aliphatic heterocycles. The van der Waals surface area contributed by atoms with Crippen molar-refractivity contribution < 1.29 is 28.6 Å². The molecule has 0 aliphatic carbocycles. The van der Waals surface area contributed by atoms with Gasteiger partial charge in [0.25, 0.3) is 17.1 Å². The largest absolute Gasteiger partial charge is 0.490 e. The maximum absolute atomic E-state index is 12.6. The van der Waals surface area contributed by atoms with E-state index in [0.717, 1.165) is 11.8 Å². The average molecular weight is 505 g/mol. The van der Waals surface area contributed by atoms with Gasteiger partial charge in [0, 0.05) is 25.9 Å². The first kappa shape index (κ1) is 25.6. The lowest BCUT2D eigenvalue weighted by Gasteiger charge is -2.15. The van der Waals surface area contributed by atoms with E-state index in [1.165, 1.54) is 4.90 Å². The first-order chi connectivity index (χ1) is 16.4. The molecule has 1 N–H and O–H groups in total. The highest BCUT2D eigenvalue weighted by Crippen LogP contribution is 2.39. The van der Waals surface area contributed by atoms with Crippen LogP contribution in [0, 0.1) is 0 Å². The van der Waals surface area contributed by atoms with Crippen LogP contribution in [0.5, 0.6) is 11.5 Å². The zero-order valence-corrected chi connectivity index (χ0v) is 20.4. The van der Waals surface area contributed by atoms with E-state index in [2.05, 4.69) is 5.32 Å². The van der Waals surface area contributed by atoms with Crippen LogP contribution in [0.2, 0.25) is 5.02 Å². The van der Waals surface area contributed by atoms with E-state index in [4.69, 9.17) is 25.8 Å². The highest BCUT2D eigenvalue weighted by atomic mass is 35.5. The lowest BCUT2D eigenvalue weighted by atomic mass is 10.1. The Morgan fingerprint density at radius 2 is 1.94 bits per heavy atom. The molecule has 0 bridgehead atoms. The molecule has 34 heavy (non-hydrogen) atoms. The molecule has 0 radical (unpaired) electrons. The molecular weight excluding hydrogens is 480 g/mol. The topological polar surface area (TPSA) is 94.2 Å². The summed E-state index contributed by atoms with van der Waals surface area (Å²) in [7, 11) is 1.57. The molecule has 10 heteroatoms. The molecule has 0 saturated carbocycles. The molecule has 3 amide bonds. The molecule has 1 fully saturated rings. The molecule has 8 nitrogen and oxygen atoms in total. The lowest BCUT2D eigenvalue weighted by Crippen LogP contribution is -2.29. The summed E-state index contributed by atoms with van der Waals surface area (Å²) in [5, 5.41) is 2.62. The van der Waals surface area contributed by atoms with E-state index in [1.807, 2.05) is 18.2 Å². The van der Waals surface area contributed by atoms with Crippen LogP contribution in [0.15, 0.2) is 47.4 Å². The van der Waals surface area contributed by atoms with Crippen molar-refractivity contribution in [1.29, 1.82) is 0 Å². The number of ether oxygens (including phenoxy) is 3. The summed E-state index contributed by atoms with van der Waals surface area (Å²) in [6, 6.07) is 12.3. The van der Waals surface area contributed by atoms with Gasteiger partial charge in [-0.25, -0.2) is 0 Å². The minimum absolute atomic E-state index is 0.212. The Bertz CT molecular complexity index is 1080. The van der Waals surface area contributed by atoms with Crippen molar-refractivity contribution in [2.75, 3.05) is 38.8 Å². The van der Waals surface area contributed by atoms with E-state index < -0.39 is 0 Å². The van der Waals surface area contributed by atoms with Crippen molar-refractivity contribution in [3.05, 3.63) is 58.0 Å². The molecule has 0 unspecified atom stereocenters. The van der Waals surface area contributed by atoms with Crippen LogP contribution in [0.1, 0.15) is 18.9 Å². The van der Waals surface area contributed by atoms with E-state index >= 15 is 0 Å². The second-order valence-electron chi connectivity index (χ2n) is 7.15. The first-order valence-corrected chi connectivity index (χ1v) is 11.8. The normalized spacial score (nSPS) is 14.6. The van der Waals surface area contributed by atoms with Gasteiger partial charge in [0.05, 0.1) is 16.5 Å². The fraction of sp³-hybridized carbons (Fsp3) is 0.292. The van der Waals surface area contributed by atoms with Gasteiger partial charge < -0.3 is 19.5 Å². The molecular formula is C24H25ClN2O6S. The zero-order valence-electron chi connectivity index (χ0n) is 18.8. The summed E-state index contributed by atoms with van der Waals surface area (Å²) in [5.41, 5.74) is 1.22. The number of rotatable bonds is 11. The number of imide groups is 1. The van der Waals surface area contributed by atoms with Crippen LogP contribution >= 0.6 is 23.4 Å². The summed E-state index contributed by atoms with van der Waals surface area (Å²) >= 11 is 7.30. The quantitative estimate of drug-likeness (QED) is 0.346. The predicted octanol–water partition coefficient (Wildman–Crippen LogP) is 4.83. The maximum Gasteiger partial charge on any atom is 0.293 e. The lowest BCUT2D eigenvalue weighted by molar-refractivity contribution is -0.123. The fourth-order valence-electron chi connectivity index (χ4n) is 3.14. The first-order valence-electron chi connectivity index (χ1n) is 10.6. The number of anilines is 1. The van der Waals surface area contributed by atoms with Crippen molar-refractivity contribution in [3.8, 4) is 11.5 Å². The van der Waals surface area contributed by atoms with Crippen LogP contribution in [0.3, 0.4) is 0 Å². The molecule has 3 rings (SSSR count). The number of methoxy groups -OCH3 is 1. The van der Waals surface area contributed by atoms with Gasteiger partial charge in [-0.15, -0.1) is 0 Å². The predicted molar refractivity (Wildman–Crippen MR) is 132 cm³/mol. The SMILES string of the molecule is CCOc1cc(/C=C2/SC(=O)N(CCCOC)C2=O)cc(Cl)c1OCC(=O)Nc1ccccc1. The van der Waals surface area contributed by atoms with E-state index in [-0.39, 0.29) is 39.3 Å². The van der Waals surface area contributed by atoms with Crippen molar-refractivity contribution in [2.24, 2.45) is 0 Å². The minimum atomic E-state index is -0.363. The third kappa shape index (κ3) is 6.75. The van der Waals surface area contributed by atoms with Crippen LogP contribution < -0.4 is 14.8 Å². The number of hydrogen-bond acceptors (Lipinski definition) is 7. The molecule has 0 atom stereocenters. The summed E-state index contributed by atoms with van der Waals surface area (Å²) in [5.74, 6) is -0.168. The summed E-state index contributed by atoms with van der Waals surface area (Å²) in [6.07, 6.45) is 2.15. The molecule has 2 aromatic carbocycles. The number of nitrogens with one attached hydrogen (secondary N) is 1.